The van der Waals surface area contributed by atoms with Crippen LogP contribution in [0, 0.1) is 0 Å². The zero-order chi connectivity index (χ0) is 8.81. The first-order valence-corrected chi connectivity index (χ1v) is 4.41. The summed E-state index contributed by atoms with van der Waals surface area (Å²) in [4.78, 5) is 11.0. The maximum atomic E-state index is 11.0. The van der Waals surface area contributed by atoms with Gasteiger partial charge >= 0.3 is 5.97 Å². The van der Waals surface area contributed by atoms with E-state index >= 15 is 0 Å². The van der Waals surface area contributed by atoms with Crippen LogP contribution >= 0.6 is 0 Å². The molecule has 0 aliphatic carbocycles. The zero-order valence-corrected chi connectivity index (χ0v) is 7.43. The van der Waals surface area contributed by atoms with Crippen LogP contribution in [0.3, 0.4) is 0 Å². The maximum absolute atomic E-state index is 11.0. The number of allylic oxidation sites excluding steroid dienone is 1. The van der Waals surface area contributed by atoms with Gasteiger partial charge in [0.05, 0.1) is 13.0 Å². The first-order chi connectivity index (χ1) is 5.83. The highest BCUT2D eigenvalue weighted by molar-refractivity contribution is 5.72. The molecule has 3 nitrogen and oxygen atoms in total. The molecule has 0 spiro atoms. The van der Waals surface area contributed by atoms with Gasteiger partial charge in [-0.05, 0) is 19.8 Å². The van der Waals surface area contributed by atoms with Crippen LogP contribution in [0.4, 0.5) is 0 Å². The van der Waals surface area contributed by atoms with Gasteiger partial charge < -0.3 is 10.1 Å². The summed E-state index contributed by atoms with van der Waals surface area (Å²) in [5, 5.41) is 3.17. The second-order valence-corrected chi connectivity index (χ2v) is 2.78. The van der Waals surface area contributed by atoms with Crippen molar-refractivity contribution in [1.82, 2.24) is 5.32 Å². The van der Waals surface area contributed by atoms with Gasteiger partial charge in [0.25, 0.3) is 0 Å². The molecular weight excluding hydrogens is 154 g/mol. The number of esters is 1. The monoisotopic (exact) mass is 169 g/mol. The summed E-state index contributed by atoms with van der Waals surface area (Å²) in [6, 6.07) is 0. The first-order valence-electron chi connectivity index (χ1n) is 4.41. The molecule has 0 bridgehead atoms. The quantitative estimate of drug-likeness (QED) is 0.645. The third-order valence-corrected chi connectivity index (χ3v) is 1.76. The van der Waals surface area contributed by atoms with E-state index in [1.54, 1.807) is 0 Å². The van der Waals surface area contributed by atoms with Gasteiger partial charge in [-0.15, -0.1) is 0 Å². The highest BCUT2D eigenvalue weighted by atomic mass is 16.5. The molecule has 0 fully saturated rings. The third-order valence-electron chi connectivity index (χ3n) is 1.76. The molecule has 1 heterocycles. The Bertz CT molecular complexity index is 187. The van der Waals surface area contributed by atoms with Gasteiger partial charge in [-0.1, -0.05) is 6.08 Å². The lowest BCUT2D eigenvalue weighted by Crippen LogP contribution is -2.21. The standard InChI is InChI=1S/C9H15NO2/c1-2-12-9(11)7-8-5-3-4-6-10-8/h5,10H,2-4,6-7H2,1H3. The molecule has 0 aromatic heterocycles. The van der Waals surface area contributed by atoms with Crippen LogP contribution in [-0.4, -0.2) is 19.1 Å². The van der Waals surface area contributed by atoms with Gasteiger partial charge in [-0.2, -0.15) is 0 Å². The van der Waals surface area contributed by atoms with Crippen molar-refractivity contribution < 1.29 is 9.53 Å². The van der Waals surface area contributed by atoms with E-state index in [4.69, 9.17) is 4.74 Å². The molecule has 0 saturated carbocycles. The molecule has 0 atom stereocenters. The van der Waals surface area contributed by atoms with Crippen LogP contribution in [0.1, 0.15) is 26.2 Å². The Morgan fingerprint density at radius 3 is 3.17 bits per heavy atom. The van der Waals surface area contributed by atoms with E-state index in [1.165, 1.54) is 0 Å². The van der Waals surface area contributed by atoms with Gasteiger partial charge in [-0.25, -0.2) is 0 Å². The van der Waals surface area contributed by atoms with Gasteiger partial charge in [-0.3, -0.25) is 4.79 Å². The van der Waals surface area contributed by atoms with Crippen molar-refractivity contribution >= 4 is 5.97 Å². The van der Waals surface area contributed by atoms with Gasteiger partial charge in [0.2, 0.25) is 0 Å². The summed E-state index contributed by atoms with van der Waals surface area (Å²) >= 11 is 0. The summed E-state index contributed by atoms with van der Waals surface area (Å²) < 4.78 is 4.82. The number of carbonyl (C=O) groups is 1. The maximum Gasteiger partial charge on any atom is 0.311 e. The Morgan fingerprint density at radius 2 is 2.58 bits per heavy atom. The molecule has 1 aliphatic rings. The molecule has 0 amide bonds. The molecule has 0 radical (unpaired) electrons. The molecule has 0 unspecified atom stereocenters. The van der Waals surface area contributed by atoms with Crippen molar-refractivity contribution in [3.63, 3.8) is 0 Å². The smallest absolute Gasteiger partial charge is 0.311 e. The van der Waals surface area contributed by atoms with Gasteiger partial charge in [0.1, 0.15) is 0 Å². The Balaban J connectivity index is 2.29. The van der Waals surface area contributed by atoms with E-state index < -0.39 is 0 Å². The minimum absolute atomic E-state index is 0.141. The summed E-state index contributed by atoms with van der Waals surface area (Å²) in [5.41, 5.74) is 1.01. The fourth-order valence-electron chi connectivity index (χ4n) is 1.20. The Labute approximate surface area is 72.8 Å². The summed E-state index contributed by atoms with van der Waals surface area (Å²) in [6.45, 7) is 3.26. The van der Waals surface area contributed by atoms with Crippen molar-refractivity contribution in [2.24, 2.45) is 0 Å². The average molecular weight is 169 g/mol. The average Bonchev–Trinajstić information content (AvgIpc) is 2.06. The van der Waals surface area contributed by atoms with Crippen molar-refractivity contribution in [2.75, 3.05) is 13.2 Å². The van der Waals surface area contributed by atoms with Crippen molar-refractivity contribution in [1.29, 1.82) is 0 Å². The lowest BCUT2D eigenvalue weighted by atomic mass is 10.1. The van der Waals surface area contributed by atoms with Crippen molar-refractivity contribution in [3.8, 4) is 0 Å². The fourth-order valence-corrected chi connectivity index (χ4v) is 1.20. The number of ether oxygens (including phenoxy) is 1. The second-order valence-electron chi connectivity index (χ2n) is 2.78. The van der Waals surface area contributed by atoms with Crippen molar-refractivity contribution in [3.05, 3.63) is 11.8 Å². The second kappa shape index (κ2) is 4.80. The molecule has 1 rings (SSSR count). The largest absolute Gasteiger partial charge is 0.466 e. The Kier molecular flexibility index (Phi) is 3.64. The van der Waals surface area contributed by atoms with Crippen LogP contribution in [0.25, 0.3) is 0 Å². The van der Waals surface area contributed by atoms with E-state index in [1.807, 2.05) is 6.92 Å². The number of hydrogen-bond acceptors (Lipinski definition) is 3. The van der Waals surface area contributed by atoms with Crippen LogP contribution < -0.4 is 5.32 Å². The lowest BCUT2D eigenvalue weighted by molar-refractivity contribution is -0.142. The predicted octanol–water partition coefficient (Wildman–Crippen LogP) is 1.21. The molecule has 0 saturated heterocycles. The molecule has 0 aromatic carbocycles. The molecular formula is C9H15NO2. The molecule has 68 valence electrons. The third kappa shape index (κ3) is 2.95. The van der Waals surface area contributed by atoms with E-state index in [0.717, 1.165) is 25.1 Å². The fraction of sp³-hybridized carbons (Fsp3) is 0.667. The summed E-state index contributed by atoms with van der Waals surface area (Å²) in [5.74, 6) is -0.141. The molecule has 3 heteroatoms. The van der Waals surface area contributed by atoms with E-state index in [0.29, 0.717) is 13.0 Å². The van der Waals surface area contributed by atoms with Gasteiger partial charge in [0.15, 0.2) is 0 Å². The van der Waals surface area contributed by atoms with Crippen LogP contribution in [0.15, 0.2) is 11.8 Å². The zero-order valence-electron chi connectivity index (χ0n) is 7.43. The minimum Gasteiger partial charge on any atom is -0.466 e. The Morgan fingerprint density at radius 1 is 1.75 bits per heavy atom. The number of nitrogens with one attached hydrogen (secondary N) is 1. The van der Waals surface area contributed by atoms with E-state index in [9.17, 15) is 4.79 Å². The van der Waals surface area contributed by atoms with Crippen LogP contribution in [-0.2, 0) is 9.53 Å². The van der Waals surface area contributed by atoms with E-state index in [2.05, 4.69) is 11.4 Å². The van der Waals surface area contributed by atoms with Gasteiger partial charge in [0, 0.05) is 12.2 Å². The first kappa shape index (κ1) is 9.10. The summed E-state index contributed by atoms with van der Waals surface area (Å²) in [6.07, 6.45) is 4.70. The molecule has 12 heavy (non-hydrogen) atoms. The van der Waals surface area contributed by atoms with Crippen LogP contribution in [0.2, 0.25) is 0 Å². The highest BCUT2D eigenvalue weighted by Crippen LogP contribution is 2.07. The Hall–Kier alpha value is -0.990. The number of carbonyl (C=O) groups excluding carboxylic acids is 1. The van der Waals surface area contributed by atoms with Crippen LogP contribution in [0.5, 0.6) is 0 Å². The molecule has 1 N–H and O–H groups in total. The highest BCUT2D eigenvalue weighted by Gasteiger charge is 2.08. The lowest BCUT2D eigenvalue weighted by Gasteiger charge is -2.14. The normalized spacial score (nSPS) is 16.2. The number of hydrogen-bond donors (Lipinski definition) is 1. The topological polar surface area (TPSA) is 38.3 Å². The SMILES string of the molecule is CCOC(=O)CC1=CCCCN1. The van der Waals surface area contributed by atoms with E-state index in [-0.39, 0.29) is 5.97 Å². The minimum atomic E-state index is -0.141. The number of rotatable bonds is 3. The molecule has 0 aromatic rings. The predicted molar refractivity (Wildman–Crippen MR) is 46.6 cm³/mol. The van der Waals surface area contributed by atoms with Crippen molar-refractivity contribution in [2.45, 2.75) is 26.2 Å². The summed E-state index contributed by atoms with van der Waals surface area (Å²) in [7, 11) is 0. The molecule has 1 aliphatic heterocycles.